The number of amides is 1. The highest BCUT2D eigenvalue weighted by atomic mass is 16.5. The number of carbonyl (C=O) groups is 1. The van der Waals surface area contributed by atoms with Crippen molar-refractivity contribution in [3.05, 3.63) is 0 Å². The number of ether oxygens (including phenoxy) is 1. The van der Waals surface area contributed by atoms with Gasteiger partial charge in [0.25, 0.3) is 0 Å². The van der Waals surface area contributed by atoms with Crippen molar-refractivity contribution in [1.29, 1.82) is 0 Å². The fraction of sp³-hybridized carbons (Fsp3) is 0.900. The van der Waals surface area contributed by atoms with E-state index in [2.05, 4.69) is 5.32 Å². The van der Waals surface area contributed by atoms with E-state index in [9.17, 15) is 4.79 Å². The van der Waals surface area contributed by atoms with E-state index in [-0.39, 0.29) is 11.4 Å². The predicted molar refractivity (Wildman–Crippen MR) is 57.0 cm³/mol. The quantitative estimate of drug-likeness (QED) is 0.596. The van der Waals surface area contributed by atoms with E-state index in [1.165, 1.54) is 0 Å². The van der Waals surface area contributed by atoms with E-state index in [1.807, 2.05) is 20.8 Å². The summed E-state index contributed by atoms with van der Waals surface area (Å²) in [7, 11) is 0. The lowest BCUT2D eigenvalue weighted by molar-refractivity contribution is -0.121. The zero-order chi connectivity index (χ0) is 11.0. The summed E-state index contributed by atoms with van der Waals surface area (Å²) >= 11 is 0. The lowest BCUT2D eigenvalue weighted by Crippen LogP contribution is -2.45. The van der Waals surface area contributed by atoms with Gasteiger partial charge >= 0.3 is 0 Å². The van der Waals surface area contributed by atoms with E-state index < -0.39 is 0 Å². The second-order valence-electron chi connectivity index (χ2n) is 4.07. The molecule has 0 aliphatic rings. The van der Waals surface area contributed by atoms with Gasteiger partial charge in [-0.2, -0.15) is 0 Å². The predicted octanol–water partition coefficient (Wildman–Crippen LogP) is 0.657. The molecule has 0 saturated heterocycles. The van der Waals surface area contributed by atoms with Gasteiger partial charge in [0.05, 0.1) is 0 Å². The molecule has 0 aromatic carbocycles. The van der Waals surface area contributed by atoms with E-state index >= 15 is 0 Å². The molecule has 14 heavy (non-hydrogen) atoms. The van der Waals surface area contributed by atoms with Gasteiger partial charge < -0.3 is 15.8 Å². The maximum absolute atomic E-state index is 11.2. The Morgan fingerprint density at radius 2 is 2.14 bits per heavy atom. The molecular weight excluding hydrogens is 180 g/mol. The smallest absolute Gasteiger partial charge is 0.220 e. The topological polar surface area (TPSA) is 64.3 Å². The first-order valence-corrected chi connectivity index (χ1v) is 5.09. The molecule has 0 fully saturated rings. The van der Waals surface area contributed by atoms with Crippen LogP contribution in [0, 0.1) is 0 Å². The average molecular weight is 202 g/mol. The largest absolute Gasteiger partial charge is 0.382 e. The number of hydrogen-bond donors (Lipinski definition) is 2. The van der Waals surface area contributed by atoms with Crippen molar-refractivity contribution in [2.24, 2.45) is 5.73 Å². The number of hydrogen-bond acceptors (Lipinski definition) is 3. The third-order valence-corrected chi connectivity index (χ3v) is 1.64. The maximum Gasteiger partial charge on any atom is 0.220 e. The van der Waals surface area contributed by atoms with Crippen molar-refractivity contribution in [3.63, 3.8) is 0 Å². The molecule has 0 aliphatic heterocycles. The fourth-order valence-corrected chi connectivity index (χ4v) is 0.894. The molecule has 0 aromatic rings. The monoisotopic (exact) mass is 202 g/mol. The summed E-state index contributed by atoms with van der Waals surface area (Å²) in [4.78, 5) is 11.2. The third-order valence-electron chi connectivity index (χ3n) is 1.64. The lowest BCUT2D eigenvalue weighted by Gasteiger charge is -2.18. The van der Waals surface area contributed by atoms with Gasteiger partial charge in [0.1, 0.15) is 0 Å². The fourth-order valence-electron chi connectivity index (χ4n) is 0.894. The molecule has 0 spiro atoms. The Morgan fingerprint density at radius 3 is 2.64 bits per heavy atom. The van der Waals surface area contributed by atoms with Crippen LogP contribution in [-0.4, -0.2) is 31.2 Å². The number of carbonyl (C=O) groups excluding carboxylic acids is 1. The molecule has 0 atom stereocenters. The first kappa shape index (κ1) is 13.4. The minimum Gasteiger partial charge on any atom is -0.382 e. The summed E-state index contributed by atoms with van der Waals surface area (Å²) < 4.78 is 5.12. The molecule has 0 rings (SSSR count). The molecule has 0 radical (unpaired) electrons. The minimum absolute atomic E-state index is 0.0447. The van der Waals surface area contributed by atoms with Crippen LogP contribution in [-0.2, 0) is 9.53 Å². The standard InChI is InChI=1S/C10H22N2O2/c1-4-14-7-5-6-9(13)12-8-10(2,3)11/h4-8,11H2,1-3H3,(H,12,13). The summed E-state index contributed by atoms with van der Waals surface area (Å²) in [6.07, 6.45) is 1.28. The van der Waals surface area contributed by atoms with Crippen LogP contribution in [0.1, 0.15) is 33.6 Å². The molecule has 0 bridgehead atoms. The first-order valence-electron chi connectivity index (χ1n) is 5.09. The number of rotatable bonds is 7. The van der Waals surface area contributed by atoms with Crippen molar-refractivity contribution >= 4 is 5.91 Å². The third kappa shape index (κ3) is 9.48. The van der Waals surface area contributed by atoms with E-state index in [0.717, 1.165) is 6.42 Å². The Bertz CT molecular complexity index is 164. The summed E-state index contributed by atoms with van der Waals surface area (Å²) in [5.41, 5.74) is 5.38. The van der Waals surface area contributed by atoms with E-state index in [0.29, 0.717) is 26.2 Å². The number of nitrogens with one attached hydrogen (secondary N) is 1. The Hall–Kier alpha value is -0.610. The van der Waals surface area contributed by atoms with Gasteiger partial charge in [-0.15, -0.1) is 0 Å². The van der Waals surface area contributed by atoms with Gasteiger partial charge in [-0.1, -0.05) is 0 Å². The van der Waals surface area contributed by atoms with Gasteiger partial charge in [-0.3, -0.25) is 4.79 Å². The van der Waals surface area contributed by atoms with Gasteiger partial charge in [0, 0.05) is 31.7 Å². The second-order valence-corrected chi connectivity index (χ2v) is 4.07. The highest BCUT2D eigenvalue weighted by Crippen LogP contribution is 1.95. The van der Waals surface area contributed by atoms with Crippen LogP contribution in [0.4, 0.5) is 0 Å². The van der Waals surface area contributed by atoms with Gasteiger partial charge in [-0.05, 0) is 27.2 Å². The average Bonchev–Trinajstić information content (AvgIpc) is 2.08. The number of nitrogens with two attached hydrogens (primary N) is 1. The zero-order valence-electron chi connectivity index (χ0n) is 9.43. The second kappa shape index (κ2) is 6.79. The van der Waals surface area contributed by atoms with E-state index in [4.69, 9.17) is 10.5 Å². The molecule has 84 valence electrons. The summed E-state index contributed by atoms with van der Waals surface area (Å²) in [5.74, 6) is 0.0447. The molecule has 0 saturated carbocycles. The molecule has 4 nitrogen and oxygen atoms in total. The van der Waals surface area contributed by atoms with Gasteiger partial charge in [0.2, 0.25) is 5.91 Å². The zero-order valence-corrected chi connectivity index (χ0v) is 9.43. The molecule has 0 heterocycles. The van der Waals surface area contributed by atoms with Crippen LogP contribution in [0.25, 0.3) is 0 Å². The SMILES string of the molecule is CCOCCCC(=O)NCC(C)(C)N. The first-order chi connectivity index (χ1) is 6.45. The Kier molecular flexibility index (Phi) is 6.49. The lowest BCUT2D eigenvalue weighted by atomic mass is 10.1. The summed E-state index contributed by atoms with van der Waals surface area (Å²) in [5, 5.41) is 2.78. The van der Waals surface area contributed by atoms with Crippen molar-refractivity contribution in [1.82, 2.24) is 5.32 Å². The summed E-state index contributed by atoms with van der Waals surface area (Å²) in [6, 6.07) is 0. The van der Waals surface area contributed by atoms with Crippen LogP contribution in [0.5, 0.6) is 0 Å². The highest BCUT2D eigenvalue weighted by Gasteiger charge is 2.11. The van der Waals surface area contributed by atoms with Crippen molar-refractivity contribution < 1.29 is 9.53 Å². The van der Waals surface area contributed by atoms with Crippen LogP contribution in [0.15, 0.2) is 0 Å². The van der Waals surface area contributed by atoms with Crippen molar-refractivity contribution in [2.75, 3.05) is 19.8 Å². The Morgan fingerprint density at radius 1 is 1.50 bits per heavy atom. The van der Waals surface area contributed by atoms with Gasteiger partial charge in [0.15, 0.2) is 0 Å². The maximum atomic E-state index is 11.2. The highest BCUT2D eigenvalue weighted by molar-refractivity contribution is 5.75. The molecule has 0 unspecified atom stereocenters. The van der Waals surface area contributed by atoms with E-state index in [1.54, 1.807) is 0 Å². The molecule has 1 amide bonds. The molecule has 0 aromatic heterocycles. The normalized spacial score (nSPS) is 11.4. The Balaban J connectivity index is 3.38. The molecule has 4 heteroatoms. The summed E-state index contributed by atoms with van der Waals surface area (Å²) in [6.45, 7) is 7.58. The van der Waals surface area contributed by atoms with Crippen LogP contribution in [0.2, 0.25) is 0 Å². The van der Waals surface area contributed by atoms with Gasteiger partial charge in [-0.25, -0.2) is 0 Å². The molecule has 3 N–H and O–H groups in total. The van der Waals surface area contributed by atoms with Crippen LogP contribution < -0.4 is 11.1 Å². The molecule has 0 aliphatic carbocycles. The van der Waals surface area contributed by atoms with Crippen molar-refractivity contribution in [2.45, 2.75) is 39.2 Å². The van der Waals surface area contributed by atoms with Crippen LogP contribution >= 0.6 is 0 Å². The molecular formula is C10H22N2O2. The Labute approximate surface area is 86.2 Å². The minimum atomic E-state index is -0.338. The van der Waals surface area contributed by atoms with Crippen LogP contribution in [0.3, 0.4) is 0 Å². The van der Waals surface area contributed by atoms with Crippen molar-refractivity contribution in [3.8, 4) is 0 Å².